The van der Waals surface area contributed by atoms with Gasteiger partial charge in [-0.2, -0.15) is 0 Å². The molecule has 1 aromatic carbocycles. The third-order valence-electron chi connectivity index (χ3n) is 2.89. The minimum absolute atomic E-state index is 0.179. The van der Waals surface area contributed by atoms with Crippen LogP contribution in [-0.2, 0) is 14.8 Å². The van der Waals surface area contributed by atoms with Crippen molar-refractivity contribution in [3.05, 3.63) is 23.8 Å². The van der Waals surface area contributed by atoms with Crippen molar-refractivity contribution in [3.8, 4) is 0 Å². The predicted molar refractivity (Wildman–Crippen MR) is 80.6 cm³/mol. The fourth-order valence-corrected chi connectivity index (χ4v) is 2.77. The van der Waals surface area contributed by atoms with E-state index in [2.05, 4.69) is 5.32 Å². The molecule has 1 N–H and O–H groups in total. The minimum atomic E-state index is -3.54. The van der Waals surface area contributed by atoms with Gasteiger partial charge >= 0.3 is 0 Å². The van der Waals surface area contributed by atoms with E-state index in [0.29, 0.717) is 11.3 Å². The minimum Gasteiger partial charge on any atom is -0.326 e. The van der Waals surface area contributed by atoms with Gasteiger partial charge in [0, 0.05) is 31.6 Å². The maximum Gasteiger partial charge on any atom is 0.242 e. The lowest BCUT2D eigenvalue weighted by molar-refractivity contribution is -0.118. The highest BCUT2D eigenvalue weighted by molar-refractivity contribution is 7.89. The number of halogens is 1. The van der Waals surface area contributed by atoms with Crippen molar-refractivity contribution >= 4 is 33.2 Å². The number of nitrogens with zero attached hydrogens (tertiary/aromatic N) is 1. The van der Waals surface area contributed by atoms with Crippen molar-refractivity contribution in [2.45, 2.75) is 18.7 Å². The van der Waals surface area contributed by atoms with Crippen LogP contribution in [0.25, 0.3) is 0 Å². The number of rotatable bonds is 5. The van der Waals surface area contributed by atoms with Crippen molar-refractivity contribution < 1.29 is 13.2 Å². The van der Waals surface area contributed by atoms with E-state index in [4.69, 9.17) is 11.6 Å². The Kier molecular flexibility index (Phi) is 5.56. The van der Waals surface area contributed by atoms with Crippen molar-refractivity contribution in [1.29, 1.82) is 0 Å². The smallest absolute Gasteiger partial charge is 0.242 e. The molecular weight excluding hydrogens is 300 g/mol. The van der Waals surface area contributed by atoms with Crippen LogP contribution >= 0.6 is 11.6 Å². The van der Waals surface area contributed by atoms with Crippen molar-refractivity contribution in [2.24, 2.45) is 5.92 Å². The molecule has 0 fully saturated rings. The van der Waals surface area contributed by atoms with E-state index in [1.807, 2.05) is 0 Å². The number of hydrogen-bond acceptors (Lipinski definition) is 3. The summed E-state index contributed by atoms with van der Waals surface area (Å²) in [5.74, 6) is -0.371. The third kappa shape index (κ3) is 3.71. The van der Waals surface area contributed by atoms with Crippen LogP contribution in [0.15, 0.2) is 23.1 Å². The summed E-state index contributed by atoms with van der Waals surface area (Å²) in [6.07, 6.45) is 0. The monoisotopic (exact) mass is 318 g/mol. The second-order valence-corrected chi connectivity index (χ2v) is 7.24. The molecule has 0 spiro atoms. The van der Waals surface area contributed by atoms with Crippen LogP contribution in [0.5, 0.6) is 0 Å². The lowest BCUT2D eigenvalue weighted by Crippen LogP contribution is -2.24. The second kappa shape index (κ2) is 6.56. The van der Waals surface area contributed by atoms with Gasteiger partial charge in [-0.3, -0.25) is 4.79 Å². The van der Waals surface area contributed by atoms with E-state index in [-0.39, 0.29) is 22.6 Å². The van der Waals surface area contributed by atoms with Crippen LogP contribution in [0.3, 0.4) is 0 Å². The molecule has 0 aliphatic carbocycles. The second-order valence-electron chi connectivity index (χ2n) is 4.81. The first-order chi connectivity index (χ1) is 9.20. The summed E-state index contributed by atoms with van der Waals surface area (Å²) in [6.45, 7) is 3.41. The Morgan fingerprint density at radius 3 is 2.50 bits per heavy atom. The molecule has 0 saturated carbocycles. The van der Waals surface area contributed by atoms with Gasteiger partial charge in [-0.1, -0.05) is 13.0 Å². The molecule has 1 amide bonds. The van der Waals surface area contributed by atoms with Gasteiger partial charge in [0.1, 0.15) is 0 Å². The van der Waals surface area contributed by atoms with E-state index >= 15 is 0 Å². The van der Waals surface area contributed by atoms with Crippen molar-refractivity contribution in [3.63, 3.8) is 0 Å². The molecule has 0 aliphatic heterocycles. The normalized spacial score (nSPS) is 13.3. The molecule has 5 nitrogen and oxygen atoms in total. The highest BCUT2D eigenvalue weighted by atomic mass is 35.5. The summed E-state index contributed by atoms with van der Waals surface area (Å²) < 4.78 is 25.5. The zero-order valence-electron chi connectivity index (χ0n) is 12.0. The van der Waals surface area contributed by atoms with Crippen LogP contribution in [0, 0.1) is 12.8 Å². The third-order valence-corrected chi connectivity index (χ3v) is 5.31. The molecule has 0 aromatic heterocycles. The number of carbonyl (C=O) groups excluding carboxylic acids is 1. The summed E-state index contributed by atoms with van der Waals surface area (Å²) in [6, 6.07) is 4.80. The molecule has 0 bridgehead atoms. The van der Waals surface area contributed by atoms with Crippen molar-refractivity contribution in [2.75, 3.05) is 25.3 Å². The Hall–Kier alpha value is -1.11. The van der Waals surface area contributed by atoms with Gasteiger partial charge in [0.15, 0.2) is 0 Å². The summed E-state index contributed by atoms with van der Waals surface area (Å²) >= 11 is 5.62. The van der Waals surface area contributed by atoms with Gasteiger partial charge in [0.25, 0.3) is 0 Å². The highest BCUT2D eigenvalue weighted by Crippen LogP contribution is 2.22. The van der Waals surface area contributed by atoms with Crippen LogP contribution in [0.2, 0.25) is 0 Å². The lowest BCUT2D eigenvalue weighted by Gasteiger charge is -2.15. The molecule has 0 saturated heterocycles. The fraction of sp³-hybridized carbons (Fsp3) is 0.462. The quantitative estimate of drug-likeness (QED) is 0.845. The van der Waals surface area contributed by atoms with E-state index in [1.54, 1.807) is 26.0 Å². The summed E-state index contributed by atoms with van der Waals surface area (Å²) in [5, 5.41) is 2.66. The molecule has 0 radical (unpaired) electrons. The number of benzene rings is 1. The molecule has 1 atom stereocenters. The Labute approximate surface area is 125 Å². The van der Waals surface area contributed by atoms with E-state index in [0.717, 1.165) is 4.31 Å². The molecule has 1 rings (SSSR count). The first-order valence-corrected chi connectivity index (χ1v) is 8.07. The van der Waals surface area contributed by atoms with Gasteiger partial charge in [0.2, 0.25) is 15.9 Å². The Balaban J connectivity index is 3.13. The summed E-state index contributed by atoms with van der Waals surface area (Å²) in [4.78, 5) is 11.9. The molecule has 1 aromatic rings. The topological polar surface area (TPSA) is 66.5 Å². The van der Waals surface area contributed by atoms with Gasteiger partial charge < -0.3 is 5.32 Å². The fourth-order valence-electron chi connectivity index (χ4n) is 1.49. The number of sulfonamides is 1. The molecule has 0 aliphatic rings. The van der Waals surface area contributed by atoms with Crippen LogP contribution in [0.4, 0.5) is 5.69 Å². The largest absolute Gasteiger partial charge is 0.326 e. The average molecular weight is 319 g/mol. The Bertz CT molecular complexity index is 600. The summed E-state index contributed by atoms with van der Waals surface area (Å²) in [5.41, 5.74) is 1.07. The zero-order valence-corrected chi connectivity index (χ0v) is 13.5. The van der Waals surface area contributed by atoms with Gasteiger partial charge in [0.05, 0.1) is 4.90 Å². The van der Waals surface area contributed by atoms with Gasteiger partial charge in [-0.25, -0.2) is 12.7 Å². The Morgan fingerprint density at radius 2 is 2.00 bits per heavy atom. The highest BCUT2D eigenvalue weighted by Gasteiger charge is 2.21. The van der Waals surface area contributed by atoms with E-state index in [1.165, 1.54) is 20.2 Å². The predicted octanol–water partition coefficient (Wildman–Crippen LogP) is 2.06. The van der Waals surface area contributed by atoms with E-state index in [9.17, 15) is 13.2 Å². The van der Waals surface area contributed by atoms with E-state index < -0.39 is 10.0 Å². The molecule has 20 heavy (non-hydrogen) atoms. The average Bonchev–Trinajstić information content (AvgIpc) is 2.39. The zero-order chi connectivity index (χ0) is 15.5. The first-order valence-electron chi connectivity index (χ1n) is 6.10. The SMILES string of the molecule is Cc1ccc(NC(=O)C(C)CCl)cc1S(=O)(=O)N(C)C. The van der Waals surface area contributed by atoms with Crippen LogP contribution in [-0.4, -0.2) is 38.6 Å². The summed E-state index contributed by atoms with van der Waals surface area (Å²) in [7, 11) is -0.600. The Morgan fingerprint density at radius 1 is 1.40 bits per heavy atom. The molecule has 0 heterocycles. The number of anilines is 1. The first kappa shape index (κ1) is 16.9. The van der Waals surface area contributed by atoms with Gasteiger partial charge in [-0.15, -0.1) is 11.6 Å². The molecule has 7 heteroatoms. The van der Waals surface area contributed by atoms with Crippen LogP contribution in [0.1, 0.15) is 12.5 Å². The number of nitrogens with one attached hydrogen (secondary N) is 1. The number of alkyl halides is 1. The maximum atomic E-state index is 12.2. The lowest BCUT2D eigenvalue weighted by atomic mass is 10.2. The standard InChI is InChI=1S/C13H19ClN2O3S/c1-9-5-6-11(15-13(17)10(2)8-14)7-12(9)20(18,19)16(3)4/h5-7,10H,8H2,1-4H3,(H,15,17). The number of carbonyl (C=O) groups is 1. The number of amides is 1. The number of hydrogen-bond donors (Lipinski definition) is 1. The number of aryl methyl sites for hydroxylation is 1. The molecule has 112 valence electrons. The van der Waals surface area contributed by atoms with Crippen molar-refractivity contribution in [1.82, 2.24) is 4.31 Å². The molecule has 1 unspecified atom stereocenters. The van der Waals surface area contributed by atoms with Gasteiger partial charge in [-0.05, 0) is 24.6 Å². The maximum absolute atomic E-state index is 12.2. The van der Waals surface area contributed by atoms with Crippen LogP contribution < -0.4 is 5.32 Å². The molecular formula is C13H19ClN2O3S.